The van der Waals surface area contributed by atoms with E-state index in [-0.39, 0.29) is 6.61 Å². The molecule has 0 unspecified atom stereocenters. The molecule has 0 atom stereocenters. The third-order valence-electron chi connectivity index (χ3n) is 2.94. The average Bonchev–Trinajstić information content (AvgIpc) is 2.35. The summed E-state index contributed by atoms with van der Waals surface area (Å²) in [5.74, 6) is 0.881. The maximum Gasteiger partial charge on any atom is 0.123 e. The van der Waals surface area contributed by atoms with Gasteiger partial charge in [0.05, 0.1) is 7.11 Å². The quantitative estimate of drug-likeness (QED) is 0.548. The van der Waals surface area contributed by atoms with Gasteiger partial charge in [-0.1, -0.05) is 0 Å². The molecule has 1 aromatic rings. The lowest BCUT2D eigenvalue weighted by Gasteiger charge is -2.18. The van der Waals surface area contributed by atoms with Crippen molar-refractivity contribution in [2.75, 3.05) is 33.0 Å². The van der Waals surface area contributed by atoms with Crippen molar-refractivity contribution in [3.05, 3.63) is 23.8 Å². The maximum atomic E-state index is 8.72. The number of rotatable bonds is 8. The molecule has 4 nitrogen and oxygen atoms in total. The van der Waals surface area contributed by atoms with Crippen LogP contribution in [0.4, 0.5) is 5.69 Å². The third-order valence-corrected chi connectivity index (χ3v) is 2.94. The van der Waals surface area contributed by atoms with E-state index in [0.717, 1.165) is 49.4 Å². The van der Waals surface area contributed by atoms with Gasteiger partial charge in [0.15, 0.2) is 0 Å². The zero-order valence-electron chi connectivity index (χ0n) is 11.4. The first kappa shape index (κ1) is 14.8. The van der Waals surface area contributed by atoms with E-state index < -0.39 is 0 Å². The van der Waals surface area contributed by atoms with Crippen LogP contribution in [0.1, 0.15) is 24.8 Å². The second-order valence-electron chi connectivity index (χ2n) is 4.59. The summed E-state index contributed by atoms with van der Waals surface area (Å²) >= 11 is 0. The van der Waals surface area contributed by atoms with Crippen molar-refractivity contribution >= 4 is 5.69 Å². The lowest BCUT2D eigenvalue weighted by molar-refractivity contribution is 0.270. The van der Waals surface area contributed by atoms with Gasteiger partial charge in [-0.05, 0) is 51.1 Å². The standard InChI is InChI=1S/C14H24N2O2/c1-16(8-4-3-5-9-17)11-12-10-13(15)6-7-14(12)18-2/h6-7,10,17H,3-5,8-9,11,15H2,1-2H3. The van der Waals surface area contributed by atoms with Crippen LogP contribution >= 0.6 is 0 Å². The van der Waals surface area contributed by atoms with Crippen molar-refractivity contribution in [2.45, 2.75) is 25.8 Å². The number of hydrogen-bond donors (Lipinski definition) is 2. The summed E-state index contributed by atoms with van der Waals surface area (Å²) < 4.78 is 5.33. The molecule has 0 saturated heterocycles. The molecule has 1 rings (SSSR count). The van der Waals surface area contributed by atoms with Gasteiger partial charge in [0, 0.05) is 24.4 Å². The van der Waals surface area contributed by atoms with Gasteiger partial charge < -0.3 is 20.5 Å². The van der Waals surface area contributed by atoms with Gasteiger partial charge in [-0.25, -0.2) is 0 Å². The first-order valence-electron chi connectivity index (χ1n) is 6.39. The van der Waals surface area contributed by atoms with E-state index in [9.17, 15) is 0 Å². The molecule has 3 N–H and O–H groups in total. The van der Waals surface area contributed by atoms with Gasteiger partial charge in [-0.15, -0.1) is 0 Å². The van der Waals surface area contributed by atoms with Gasteiger partial charge >= 0.3 is 0 Å². The molecule has 18 heavy (non-hydrogen) atoms. The van der Waals surface area contributed by atoms with E-state index in [1.54, 1.807) is 7.11 Å². The largest absolute Gasteiger partial charge is 0.496 e. The predicted octanol–water partition coefficient (Wildman–Crippen LogP) is 1.87. The molecule has 0 amide bonds. The predicted molar refractivity (Wildman–Crippen MR) is 74.7 cm³/mol. The van der Waals surface area contributed by atoms with Crippen molar-refractivity contribution in [1.29, 1.82) is 0 Å². The number of nitrogens with zero attached hydrogens (tertiary/aromatic N) is 1. The van der Waals surface area contributed by atoms with Crippen LogP contribution in [0.3, 0.4) is 0 Å². The van der Waals surface area contributed by atoms with E-state index in [1.807, 2.05) is 18.2 Å². The van der Waals surface area contributed by atoms with E-state index in [4.69, 9.17) is 15.6 Å². The van der Waals surface area contributed by atoms with Crippen LogP contribution in [-0.2, 0) is 6.54 Å². The second kappa shape index (κ2) is 7.95. The van der Waals surface area contributed by atoms with Gasteiger partial charge in [-0.2, -0.15) is 0 Å². The minimum atomic E-state index is 0.284. The van der Waals surface area contributed by atoms with Crippen molar-refractivity contribution in [3.63, 3.8) is 0 Å². The Labute approximate surface area is 109 Å². The van der Waals surface area contributed by atoms with Gasteiger partial charge in [0.25, 0.3) is 0 Å². The summed E-state index contributed by atoms with van der Waals surface area (Å²) in [4.78, 5) is 2.24. The molecule has 1 aromatic carbocycles. The molecular weight excluding hydrogens is 228 g/mol. The molecule has 102 valence electrons. The number of benzene rings is 1. The molecule has 0 aliphatic rings. The Balaban J connectivity index is 2.47. The molecule has 0 aliphatic heterocycles. The molecule has 0 aromatic heterocycles. The highest BCUT2D eigenvalue weighted by Gasteiger charge is 2.06. The highest BCUT2D eigenvalue weighted by Crippen LogP contribution is 2.22. The second-order valence-corrected chi connectivity index (χ2v) is 4.59. The Hall–Kier alpha value is -1.26. The van der Waals surface area contributed by atoms with Gasteiger partial charge in [-0.3, -0.25) is 0 Å². The Morgan fingerprint density at radius 3 is 2.72 bits per heavy atom. The first-order chi connectivity index (χ1) is 8.67. The number of hydrogen-bond acceptors (Lipinski definition) is 4. The topological polar surface area (TPSA) is 58.7 Å². The van der Waals surface area contributed by atoms with Gasteiger partial charge in [0.1, 0.15) is 5.75 Å². The fourth-order valence-corrected chi connectivity index (χ4v) is 1.96. The van der Waals surface area contributed by atoms with Crippen LogP contribution in [0.5, 0.6) is 5.75 Å². The molecule has 4 heteroatoms. The monoisotopic (exact) mass is 252 g/mol. The summed E-state index contributed by atoms with van der Waals surface area (Å²) in [6, 6.07) is 5.72. The molecule has 0 spiro atoms. The average molecular weight is 252 g/mol. The number of anilines is 1. The number of methoxy groups -OCH3 is 1. The third kappa shape index (κ3) is 4.94. The summed E-state index contributed by atoms with van der Waals surface area (Å²) in [7, 11) is 3.76. The number of nitrogens with two attached hydrogens (primary N) is 1. The fourth-order valence-electron chi connectivity index (χ4n) is 1.96. The van der Waals surface area contributed by atoms with E-state index >= 15 is 0 Å². The normalized spacial score (nSPS) is 10.9. The van der Waals surface area contributed by atoms with Crippen LogP contribution < -0.4 is 10.5 Å². The molecular formula is C14H24N2O2. The summed E-state index contributed by atoms with van der Waals surface area (Å²) in [5, 5.41) is 8.72. The Morgan fingerprint density at radius 1 is 1.28 bits per heavy atom. The molecule has 0 bridgehead atoms. The van der Waals surface area contributed by atoms with Crippen LogP contribution in [0.15, 0.2) is 18.2 Å². The smallest absolute Gasteiger partial charge is 0.123 e. The maximum absolute atomic E-state index is 8.72. The lowest BCUT2D eigenvalue weighted by atomic mass is 10.1. The van der Waals surface area contributed by atoms with Crippen molar-refractivity contribution in [3.8, 4) is 5.75 Å². The highest BCUT2D eigenvalue weighted by atomic mass is 16.5. The molecule has 0 saturated carbocycles. The Bertz CT molecular complexity index is 356. The Morgan fingerprint density at radius 2 is 2.06 bits per heavy atom. The minimum Gasteiger partial charge on any atom is -0.496 e. The zero-order valence-corrected chi connectivity index (χ0v) is 11.4. The summed E-state index contributed by atoms with van der Waals surface area (Å²) in [5.41, 5.74) is 7.67. The van der Waals surface area contributed by atoms with Crippen molar-refractivity contribution in [2.24, 2.45) is 0 Å². The van der Waals surface area contributed by atoms with E-state index in [0.29, 0.717) is 0 Å². The van der Waals surface area contributed by atoms with Crippen molar-refractivity contribution in [1.82, 2.24) is 4.90 Å². The molecule has 0 heterocycles. The van der Waals surface area contributed by atoms with Crippen LogP contribution in [0.2, 0.25) is 0 Å². The van der Waals surface area contributed by atoms with E-state index in [2.05, 4.69) is 11.9 Å². The lowest BCUT2D eigenvalue weighted by Crippen LogP contribution is -2.19. The zero-order chi connectivity index (χ0) is 13.4. The number of aliphatic hydroxyl groups excluding tert-OH is 1. The van der Waals surface area contributed by atoms with Crippen molar-refractivity contribution < 1.29 is 9.84 Å². The van der Waals surface area contributed by atoms with Crippen LogP contribution in [-0.4, -0.2) is 37.3 Å². The molecule has 0 radical (unpaired) electrons. The summed E-state index contributed by atoms with van der Waals surface area (Å²) in [6.07, 6.45) is 3.05. The van der Waals surface area contributed by atoms with Gasteiger partial charge in [0.2, 0.25) is 0 Å². The first-order valence-corrected chi connectivity index (χ1v) is 6.39. The molecule has 0 fully saturated rings. The van der Waals surface area contributed by atoms with Crippen LogP contribution in [0.25, 0.3) is 0 Å². The van der Waals surface area contributed by atoms with E-state index in [1.165, 1.54) is 0 Å². The fraction of sp³-hybridized carbons (Fsp3) is 0.571. The Kier molecular flexibility index (Phi) is 6.54. The molecule has 0 aliphatic carbocycles. The highest BCUT2D eigenvalue weighted by molar-refractivity contribution is 5.47. The number of ether oxygens (including phenoxy) is 1. The number of nitrogen functional groups attached to an aromatic ring is 1. The SMILES string of the molecule is COc1ccc(N)cc1CN(C)CCCCCO. The number of unbranched alkanes of at least 4 members (excludes halogenated alkanes) is 2. The number of aliphatic hydroxyl groups is 1. The van der Waals surface area contributed by atoms with Crippen LogP contribution in [0, 0.1) is 0 Å². The minimum absolute atomic E-state index is 0.284. The summed E-state index contributed by atoms with van der Waals surface area (Å²) in [6.45, 7) is 2.12.